The van der Waals surface area contributed by atoms with Crippen molar-refractivity contribution >= 4 is 17.5 Å². The third-order valence-corrected chi connectivity index (χ3v) is 3.20. The van der Waals surface area contributed by atoms with E-state index in [9.17, 15) is 9.90 Å². The first-order valence-electron chi connectivity index (χ1n) is 6.11. The molecule has 0 aliphatic heterocycles. The number of phenolic OH excluding ortho intramolecular Hbond substituents is 1. The SMILES string of the molecule is Cc1c(O)cccc1C(=O)NC(CCl)CC(C)C. The Bertz CT molecular complexity index is 418. The van der Waals surface area contributed by atoms with E-state index in [4.69, 9.17) is 11.6 Å². The number of aromatic hydroxyl groups is 1. The molecule has 0 fully saturated rings. The molecular formula is C14H20ClNO2. The van der Waals surface area contributed by atoms with Gasteiger partial charge in [0.2, 0.25) is 0 Å². The standard InChI is InChI=1S/C14H20ClNO2/c1-9(2)7-11(8-15)16-14(18)12-5-4-6-13(17)10(12)3/h4-6,9,11,17H,7-8H2,1-3H3,(H,16,18). The number of hydrogen-bond donors (Lipinski definition) is 2. The van der Waals surface area contributed by atoms with Gasteiger partial charge in [0.05, 0.1) is 0 Å². The van der Waals surface area contributed by atoms with Gasteiger partial charge in [-0.15, -0.1) is 11.6 Å². The number of benzene rings is 1. The summed E-state index contributed by atoms with van der Waals surface area (Å²) in [5.41, 5.74) is 1.08. The van der Waals surface area contributed by atoms with Crippen LogP contribution in [0.1, 0.15) is 36.2 Å². The van der Waals surface area contributed by atoms with Gasteiger partial charge in [-0.1, -0.05) is 19.9 Å². The van der Waals surface area contributed by atoms with Crippen molar-refractivity contribution in [2.45, 2.75) is 33.2 Å². The quantitative estimate of drug-likeness (QED) is 0.807. The molecule has 1 aromatic rings. The average molecular weight is 270 g/mol. The largest absolute Gasteiger partial charge is 0.508 e. The molecule has 0 aliphatic rings. The van der Waals surface area contributed by atoms with Crippen LogP contribution in [0.15, 0.2) is 18.2 Å². The van der Waals surface area contributed by atoms with Crippen molar-refractivity contribution in [3.63, 3.8) is 0 Å². The van der Waals surface area contributed by atoms with Crippen LogP contribution in [0.4, 0.5) is 0 Å². The number of halogens is 1. The lowest BCUT2D eigenvalue weighted by molar-refractivity contribution is 0.0935. The molecular weight excluding hydrogens is 250 g/mol. The lowest BCUT2D eigenvalue weighted by atomic mass is 10.0. The minimum absolute atomic E-state index is 0.0408. The van der Waals surface area contributed by atoms with Crippen LogP contribution >= 0.6 is 11.6 Å². The van der Waals surface area contributed by atoms with Gasteiger partial charge in [-0.3, -0.25) is 4.79 Å². The predicted octanol–water partition coefficient (Wildman–Crippen LogP) is 3.08. The summed E-state index contributed by atoms with van der Waals surface area (Å²) in [6.45, 7) is 5.90. The molecule has 1 amide bonds. The molecule has 100 valence electrons. The number of amides is 1. The first kappa shape index (κ1) is 14.8. The van der Waals surface area contributed by atoms with E-state index in [-0.39, 0.29) is 17.7 Å². The van der Waals surface area contributed by atoms with Gasteiger partial charge in [-0.2, -0.15) is 0 Å². The van der Waals surface area contributed by atoms with E-state index in [1.54, 1.807) is 25.1 Å². The summed E-state index contributed by atoms with van der Waals surface area (Å²) in [4.78, 5) is 12.1. The Morgan fingerprint density at radius 1 is 1.44 bits per heavy atom. The Balaban J connectivity index is 2.78. The highest BCUT2D eigenvalue weighted by Gasteiger charge is 2.16. The number of hydrogen-bond acceptors (Lipinski definition) is 2. The van der Waals surface area contributed by atoms with Crippen LogP contribution in [0, 0.1) is 12.8 Å². The van der Waals surface area contributed by atoms with E-state index in [0.717, 1.165) is 6.42 Å². The molecule has 1 aromatic carbocycles. The third-order valence-electron chi connectivity index (χ3n) is 2.83. The van der Waals surface area contributed by atoms with E-state index < -0.39 is 0 Å². The second-order valence-corrected chi connectivity index (χ2v) is 5.21. The highest BCUT2D eigenvalue weighted by molar-refractivity contribution is 6.18. The van der Waals surface area contributed by atoms with Crippen LogP contribution in [0.2, 0.25) is 0 Å². The van der Waals surface area contributed by atoms with Crippen molar-refractivity contribution in [1.29, 1.82) is 0 Å². The van der Waals surface area contributed by atoms with Gasteiger partial charge in [0.15, 0.2) is 0 Å². The molecule has 0 aromatic heterocycles. The van der Waals surface area contributed by atoms with Crippen LogP contribution in [0.3, 0.4) is 0 Å². The summed E-state index contributed by atoms with van der Waals surface area (Å²) < 4.78 is 0. The lowest BCUT2D eigenvalue weighted by Crippen LogP contribution is -2.37. The highest BCUT2D eigenvalue weighted by atomic mass is 35.5. The van der Waals surface area contributed by atoms with Gasteiger partial charge in [0.25, 0.3) is 5.91 Å². The van der Waals surface area contributed by atoms with Crippen molar-refractivity contribution in [3.05, 3.63) is 29.3 Å². The molecule has 2 N–H and O–H groups in total. The zero-order chi connectivity index (χ0) is 13.7. The number of alkyl halides is 1. The second kappa shape index (κ2) is 6.64. The minimum Gasteiger partial charge on any atom is -0.508 e. The number of carbonyl (C=O) groups excluding carboxylic acids is 1. The lowest BCUT2D eigenvalue weighted by Gasteiger charge is -2.18. The van der Waals surface area contributed by atoms with Crippen molar-refractivity contribution in [2.75, 3.05) is 5.88 Å². The van der Waals surface area contributed by atoms with Crippen molar-refractivity contribution in [2.24, 2.45) is 5.92 Å². The van der Waals surface area contributed by atoms with Gasteiger partial charge in [-0.05, 0) is 31.4 Å². The maximum Gasteiger partial charge on any atom is 0.251 e. The van der Waals surface area contributed by atoms with Gasteiger partial charge in [-0.25, -0.2) is 0 Å². The Hall–Kier alpha value is -1.22. The Morgan fingerprint density at radius 3 is 2.67 bits per heavy atom. The van der Waals surface area contributed by atoms with E-state index >= 15 is 0 Å². The fourth-order valence-electron chi connectivity index (χ4n) is 1.86. The zero-order valence-electron chi connectivity index (χ0n) is 11.0. The zero-order valence-corrected chi connectivity index (χ0v) is 11.8. The molecule has 0 heterocycles. The number of carbonyl (C=O) groups is 1. The molecule has 0 spiro atoms. The summed E-state index contributed by atoms with van der Waals surface area (Å²) in [5.74, 6) is 0.810. The Morgan fingerprint density at radius 2 is 2.11 bits per heavy atom. The van der Waals surface area contributed by atoms with E-state index in [1.165, 1.54) is 0 Å². The molecule has 1 atom stereocenters. The summed E-state index contributed by atoms with van der Waals surface area (Å²) in [5, 5.41) is 12.5. The molecule has 1 rings (SSSR count). The van der Waals surface area contributed by atoms with Crippen molar-refractivity contribution < 1.29 is 9.90 Å². The Kier molecular flexibility index (Phi) is 5.48. The molecule has 0 saturated heterocycles. The van der Waals surface area contributed by atoms with Gasteiger partial charge >= 0.3 is 0 Å². The maximum atomic E-state index is 12.1. The Labute approximate surface area is 113 Å². The number of phenols is 1. The van der Waals surface area contributed by atoms with Gasteiger partial charge < -0.3 is 10.4 Å². The van der Waals surface area contributed by atoms with Crippen LogP contribution < -0.4 is 5.32 Å². The van der Waals surface area contributed by atoms with Gasteiger partial charge in [0, 0.05) is 23.0 Å². The fraction of sp³-hybridized carbons (Fsp3) is 0.500. The smallest absolute Gasteiger partial charge is 0.251 e. The summed E-state index contributed by atoms with van der Waals surface area (Å²) in [6, 6.07) is 4.89. The first-order valence-corrected chi connectivity index (χ1v) is 6.64. The summed E-state index contributed by atoms with van der Waals surface area (Å²) >= 11 is 5.85. The molecule has 4 heteroatoms. The molecule has 0 aliphatic carbocycles. The predicted molar refractivity (Wildman–Crippen MR) is 74.3 cm³/mol. The molecule has 1 unspecified atom stereocenters. The molecule has 0 saturated carbocycles. The summed E-state index contributed by atoms with van der Waals surface area (Å²) in [6.07, 6.45) is 0.840. The molecule has 18 heavy (non-hydrogen) atoms. The maximum absolute atomic E-state index is 12.1. The fourth-order valence-corrected chi connectivity index (χ4v) is 2.07. The molecule has 3 nitrogen and oxygen atoms in total. The van der Waals surface area contributed by atoms with Crippen LogP contribution in [-0.4, -0.2) is 22.9 Å². The van der Waals surface area contributed by atoms with Crippen LogP contribution in [0.5, 0.6) is 5.75 Å². The van der Waals surface area contributed by atoms with Gasteiger partial charge in [0.1, 0.15) is 5.75 Å². The van der Waals surface area contributed by atoms with E-state index in [2.05, 4.69) is 19.2 Å². The second-order valence-electron chi connectivity index (χ2n) is 4.90. The molecule has 0 bridgehead atoms. The monoisotopic (exact) mass is 269 g/mol. The third kappa shape index (κ3) is 3.91. The van der Waals surface area contributed by atoms with Crippen molar-refractivity contribution in [1.82, 2.24) is 5.32 Å². The average Bonchev–Trinajstić information content (AvgIpc) is 2.31. The topological polar surface area (TPSA) is 49.3 Å². The minimum atomic E-state index is -0.185. The van der Waals surface area contributed by atoms with Crippen LogP contribution in [-0.2, 0) is 0 Å². The van der Waals surface area contributed by atoms with E-state index in [1.807, 2.05) is 0 Å². The first-order chi connectivity index (χ1) is 8.45. The highest BCUT2D eigenvalue weighted by Crippen LogP contribution is 2.19. The number of nitrogens with one attached hydrogen (secondary N) is 1. The van der Waals surface area contributed by atoms with E-state index in [0.29, 0.717) is 22.9 Å². The van der Waals surface area contributed by atoms with Crippen LogP contribution in [0.25, 0.3) is 0 Å². The van der Waals surface area contributed by atoms with Crippen molar-refractivity contribution in [3.8, 4) is 5.75 Å². The number of rotatable bonds is 5. The summed E-state index contributed by atoms with van der Waals surface area (Å²) in [7, 11) is 0. The normalized spacial score (nSPS) is 12.5. The molecule has 0 radical (unpaired) electrons.